The van der Waals surface area contributed by atoms with Crippen molar-refractivity contribution < 1.29 is 0 Å². The molecule has 8 heteroatoms. The highest BCUT2D eigenvalue weighted by atomic mass is 15.4. The van der Waals surface area contributed by atoms with Crippen LogP contribution in [0.3, 0.4) is 0 Å². The van der Waals surface area contributed by atoms with Crippen molar-refractivity contribution in [2.45, 2.75) is 39.3 Å². The highest BCUT2D eigenvalue weighted by molar-refractivity contribution is 5.77. The van der Waals surface area contributed by atoms with Gasteiger partial charge in [-0.3, -0.25) is 13.9 Å². The summed E-state index contributed by atoms with van der Waals surface area (Å²) in [5, 5.41) is 12.3. The van der Waals surface area contributed by atoms with Gasteiger partial charge in [0.1, 0.15) is 5.52 Å². The number of hydrogen-bond acceptors (Lipinski definition) is 5. The van der Waals surface area contributed by atoms with Gasteiger partial charge >= 0.3 is 0 Å². The van der Waals surface area contributed by atoms with E-state index in [1.807, 2.05) is 27.2 Å². The van der Waals surface area contributed by atoms with Crippen molar-refractivity contribution in [1.29, 1.82) is 0 Å². The van der Waals surface area contributed by atoms with Gasteiger partial charge in [-0.15, -0.1) is 5.10 Å². The van der Waals surface area contributed by atoms with Gasteiger partial charge in [-0.2, -0.15) is 5.10 Å². The molecule has 0 aliphatic carbocycles. The summed E-state index contributed by atoms with van der Waals surface area (Å²) in [6, 6.07) is 0. The van der Waals surface area contributed by atoms with Crippen LogP contribution in [0, 0.1) is 0 Å². The quantitative estimate of drug-likeness (QED) is 0.730. The number of imidazole rings is 1. The van der Waals surface area contributed by atoms with E-state index in [1.165, 1.54) is 0 Å². The van der Waals surface area contributed by atoms with Crippen LogP contribution in [0.25, 0.3) is 11.2 Å². The zero-order valence-electron chi connectivity index (χ0n) is 12.4. The summed E-state index contributed by atoms with van der Waals surface area (Å²) in [6.45, 7) is 3.73. The van der Waals surface area contributed by atoms with Crippen LogP contribution in [-0.4, -0.2) is 34.3 Å². The van der Waals surface area contributed by atoms with E-state index in [4.69, 9.17) is 5.73 Å². The highest BCUT2D eigenvalue weighted by Gasteiger charge is 2.17. The average molecular weight is 288 g/mol. The lowest BCUT2D eigenvalue weighted by Crippen LogP contribution is -2.09. The number of rotatable bonds is 6. The Bertz CT molecular complexity index is 721. The maximum atomic E-state index is 6.07. The zero-order chi connectivity index (χ0) is 14.8. The second-order valence-corrected chi connectivity index (χ2v) is 5.13. The molecule has 112 valence electrons. The molecular weight excluding hydrogens is 268 g/mol. The van der Waals surface area contributed by atoms with E-state index in [1.54, 1.807) is 6.20 Å². The zero-order valence-corrected chi connectivity index (χ0v) is 12.4. The summed E-state index contributed by atoms with van der Waals surface area (Å²) in [7, 11) is 1.94. The van der Waals surface area contributed by atoms with Gasteiger partial charge in [0.2, 0.25) is 5.95 Å². The molecule has 0 fully saturated rings. The summed E-state index contributed by atoms with van der Waals surface area (Å²) in [4.78, 5) is 4.49. The molecule has 0 aliphatic heterocycles. The summed E-state index contributed by atoms with van der Waals surface area (Å²) in [5.74, 6) is 0.550. The Balaban J connectivity index is 1.82. The largest absolute Gasteiger partial charge is 0.369 e. The minimum atomic E-state index is 0.550. The average Bonchev–Trinajstić information content (AvgIpc) is 3.13. The van der Waals surface area contributed by atoms with Gasteiger partial charge in [-0.1, -0.05) is 18.6 Å². The maximum absolute atomic E-state index is 6.07. The third kappa shape index (κ3) is 2.48. The van der Waals surface area contributed by atoms with Crippen molar-refractivity contribution >= 4 is 17.1 Å². The fourth-order valence-electron chi connectivity index (χ4n) is 2.63. The molecule has 2 N–H and O–H groups in total. The molecule has 0 amide bonds. The van der Waals surface area contributed by atoms with Gasteiger partial charge in [-0.25, -0.2) is 4.98 Å². The number of aromatic nitrogens is 7. The van der Waals surface area contributed by atoms with Crippen LogP contribution in [0.5, 0.6) is 0 Å². The fourth-order valence-corrected chi connectivity index (χ4v) is 2.63. The van der Waals surface area contributed by atoms with E-state index in [2.05, 4.69) is 27.3 Å². The lowest BCUT2D eigenvalue weighted by Gasteiger charge is -2.06. The molecule has 3 aromatic heterocycles. The minimum Gasteiger partial charge on any atom is -0.369 e. The standard InChI is InChI=1S/C13H20N8/c1-3-5-10-11-12(19(2)17-10)21(13(14)16-11)8-4-7-20-9-6-15-18-20/h6,9H,3-5,7-8H2,1-2H3,(H2,14,16). The predicted octanol–water partition coefficient (Wildman–Crippen LogP) is 0.986. The maximum Gasteiger partial charge on any atom is 0.202 e. The van der Waals surface area contributed by atoms with E-state index in [-0.39, 0.29) is 0 Å². The molecule has 0 aliphatic rings. The predicted molar refractivity (Wildman–Crippen MR) is 79.5 cm³/mol. The monoisotopic (exact) mass is 288 g/mol. The molecule has 0 unspecified atom stereocenters. The van der Waals surface area contributed by atoms with Crippen molar-refractivity contribution in [2.24, 2.45) is 7.05 Å². The Morgan fingerprint density at radius 2 is 2.14 bits per heavy atom. The number of fused-ring (bicyclic) bond motifs is 1. The Labute approximate surface area is 122 Å². The molecule has 3 aromatic rings. The number of nitrogens with two attached hydrogens (primary N) is 1. The van der Waals surface area contributed by atoms with Crippen LogP contribution in [0.2, 0.25) is 0 Å². The third-order valence-electron chi connectivity index (χ3n) is 3.55. The molecule has 0 saturated heterocycles. The van der Waals surface area contributed by atoms with Crippen LogP contribution in [0.4, 0.5) is 5.95 Å². The molecule has 0 aromatic carbocycles. The van der Waals surface area contributed by atoms with Crippen LogP contribution >= 0.6 is 0 Å². The first-order valence-corrected chi connectivity index (χ1v) is 7.22. The molecular formula is C13H20N8. The molecule has 0 bridgehead atoms. The topological polar surface area (TPSA) is 92.4 Å². The van der Waals surface area contributed by atoms with E-state index < -0.39 is 0 Å². The van der Waals surface area contributed by atoms with Gasteiger partial charge in [-0.05, 0) is 12.8 Å². The van der Waals surface area contributed by atoms with Gasteiger partial charge in [0.25, 0.3) is 0 Å². The minimum absolute atomic E-state index is 0.550. The number of nitrogens with zero attached hydrogens (tertiary/aromatic N) is 7. The van der Waals surface area contributed by atoms with Crippen LogP contribution in [0.1, 0.15) is 25.5 Å². The molecule has 8 nitrogen and oxygen atoms in total. The summed E-state index contributed by atoms with van der Waals surface area (Å²) < 4.78 is 5.72. The van der Waals surface area contributed by atoms with E-state index in [9.17, 15) is 0 Å². The molecule has 0 radical (unpaired) electrons. The Hall–Kier alpha value is -2.38. The summed E-state index contributed by atoms with van der Waals surface area (Å²) >= 11 is 0. The SMILES string of the molecule is CCCc1nn(C)c2c1nc(N)n2CCCn1ccnn1. The third-order valence-corrected chi connectivity index (χ3v) is 3.55. The molecule has 3 heterocycles. The van der Waals surface area contributed by atoms with Crippen molar-refractivity contribution in [2.75, 3.05) is 5.73 Å². The van der Waals surface area contributed by atoms with E-state index in [0.29, 0.717) is 5.95 Å². The van der Waals surface area contributed by atoms with Crippen LogP contribution in [0.15, 0.2) is 12.4 Å². The van der Waals surface area contributed by atoms with E-state index in [0.717, 1.165) is 49.2 Å². The Morgan fingerprint density at radius 1 is 1.29 bits per heavy atom. The number of nitrogen functional groups attached to an aromatic ring is 1. The molecule has 0 atom stereocenters. The van der Waals surface area contributed by atoms with Gasteiger partial charge in [0.05, 0.1) is 11.9 Å². The first-order chi connectivity index (χ1) is 10.2. The Morgan fingerprint density at radius 3 is 2.86 bits per heavy atom. The Kier molecular flexibility index (Phi) is 3.59. The van der Waals surface area contributed by atoms with E-state index >= 15 is 0 Å². The summed E-state index contributed by atoms with van der Waals surface area (Å²) in [5.41, 5.74) is 9.02. The van der Waals surface area contributed by atoms with Crippen molar-refractivity contribution in [3.8, 4) is 0 Å². The first-order valence-electron chi connectivity index (χ1n) is 7.22. The van der Waals surface area contributed by atoms with Crippen LogP contribution < -0.4 is 5.73 Å². The summed E-state index contributed by atoms with van der Waals surface area (Å²) in [6.07, 6.45) is 6.42. The first kappa shape index (κ1) is 13.6. The molecule has 0 saturated carbocycles. The van der Waals surface area contributed by atoms with Crippen molar-refractivity contribution in [3.05, 3.63) is 18.1 Å². The van der Waals surface area contributed by atoms with Crippen molar-refractivity contribution in [3.63, 3.8) is 0 Å². The van der Waals surface area contributed by atoms with Crippen molar-refractivity contribution in [1.82, 2.24) is 34.3 Å². The second-order valence-electron chi connectivity index (χ2n) is 5.13. The number of anilines is 1. The lowest BCUT2D eigenvalue weighted by molar-refractivity contribution is 0.517. The van der Waals surface area contributed by atoms with Gasteiger partial charge in [0.15, 0.2) is 5.65 Å². The molecule has 0 spiro atoms. The number of hydrogen-bond donors (Lipinski definition) is 1. The van der Waals surface area contributed by atoms with Gasteiger partial charge in [0, 0.05) is 26.3 Å². The normalized spacial score (nSPS) is 11.5. The fraction of sp³-hybridized carbons (Fsp3) is 0.538. The lowest BCUT2D eigenvalue weighted by atomic mass is 10.2. The highest BCUT2D eigenvalue weighted by Crippen LogP contribution is 2.22. The second kappa shape index (κ2) is 5.55. The molecule has 21 heavy (non-hydrogen) atoms. The smallest absolute Gasteiger partial charge is 0.202 e. The molecule has 3 rings (SSSR count). The van der Waals surface area contributed by atoms with Gasteiger partial charge < -0.3 is 5.73 Å². The van der Waals surface area contributed by atoms with Crippen LogP contribution in [-0.2, 0) is 26.6 Å². The number of aryl methyl sites for hydroxylation is 4.